The van der Waals surface area contributed by atoms with Crippen molar-refractivity contribution in [1.29, 1.82) is 0 Å². The standard InChI is InChI=1S/C13H12N2O4S.K.H/c1-8-2-3-9-6-12(16)11(5-10(9)4-8)15-7-13(17)14-20(15,18)19;;/h2-6,16H,7H2,1H3,(H,14,17);;. The minimum absolute atomic E-state index is 0. The predicted octanol–water partition coefficient (Wildman–Crippen LogP) is 0.386. The molecule has 0 unspecified atom stereocenters. The van der Waals surface area contributed by atoms with Crippen molar-refractivity contribution >= 4 is 84.0 Å². The number of nitrogens with one attached hydrogen (secondary N) is 1. The fourth-order valence-electron chi connectivity index (χ4n) is 2.25. The Morgan fingerprint density at radius 2 is 1.90 bits per heavy atom. The third-order valence-corrected chi connectivity index (χ3v) is 4.57. The van der Waals surface area contributed by atoms with Crippen LogP contribution >= 0.6 is 0 Å². The van der Waals surface area contributed by atoms with Gasteiger partial charge in [-0.3, -0.25) is 4.79 Å². The molecule has 1 aliphatic rings. The number of nitrogens with zero attached hydrogens (tertiary/aromatic N) is 1. The number of benzene rings is 2. The Morgan fingerprint density at radius 1 is 1.19 bits per heavy atom. The molecule has 3 rings (SSSR count). The van der Waals surface area contributed by atoms with Gasteiger partial charge in [0.15, 0.2) is 0 Å². The Bertz CT molecular complexity index is 835. The number of carbonyl (C=O) groups is 1. The van der Waals surface area contributed by atoms with Crippen molar-refractivity contribution in [2.75, 3.05) is 10.8 Å². The number of anilines is 1. The average molecular weight is 332 g/mol. The third kappa shape index (κ3) is 3.10. The molecule has 0 saturated carbocycles. The molecule has 1 fully saturated rings. The van der Waals surface area contributed by atoms with Crippen LogP contribution < -0.4 is 9.03 Å². The molecule has 1 aliphatic heterocycles. The molecule has 8 heteroatoms. The monoisotopic (exact) mass is 332 g/mol. The van der Waals surface area contributed by atoms with E-state index in [2.05, 4.69) is 0 Å². The molecule has 2 aromatic rings. The molecule has 2 aromatic carbocycles. The molecule has 0 aromatic heterocycles. The van der Waals surface area contributed by atoms with Gasteiger partial charge in [-0.05, 0) is 29.8 Å². The molecule has 0 bridgehead atoms. The van der Waals surface area contributed by atoms with Crippen LogP contribution in [0.4, 0.5) is 5.69 Å². The number of fused-ring (bicyclic) bond motifs is 1. The molecule has 1 heterocycles. The van der Waals surface area contributed by atoms with E-state index in [-0.39, 0.29) is 69.4 Å². The van der Waals surface area contributed by atoms with Crippen molar-refractivity contribution in [2.45, 2.75) is 6.92 Å². The number of hydrogen-bond donors (Lipinski definition) is 2. The van der Waals surface area contributed by atoms with Crippen LogP contribution in [0, 0.1) is 6.92 Å². The minimum atomic E-state index is -3.92. The van der Waals surface area contributed by atoms with Crippen molar-refractivity contribution < 1.29 is 18.3 Å². The van der Waals surface area contributed by atoms with E-state index in [1.165, 1.54) is 6.07 Å². The quantitative estimate of drug-likeness (QED) is 0.740. The number of amides is 1. The van der Waals surface area contributed by atoms with Crippen molar-refractivity contribution in [3.8, 4) is 5.75 Å². The maximum atomic E-state index is 11.8. The molecule has 6 nitrogen and oxygen atoms in total. The number of hydrogen-bond acceptors (Lipinski definition) is 4. The number of carbonyl (C=O) groups excluding carboxylic acids is 1. The molecule has 0 aliphatic carbocycles. The van der Waals surface area contributed by atoms with Crippen molar-refractivity contribution in [1.82, 2.24) is 4.72 Å². The van der Waals surface area contributed by atoms with Gasteiger partial charge in [-0.1, -0.05) is 23.8 Å². The molecule has 0 spiro atoms. The summed E-state index contributed by atoms with van der Waals surface area (Å²) in [5.74, 6) is -0.796. The van der Waals surface area contributed by atoms with Crippen LogP contribution in [0.5, 0.6) is 5.75 Å². The number of aryl methyl sites for hydroxylation is 1. The van der Waals surface area contributed by atoms with Crippen LogP contribution in [-0.2, 0) is 15.0 Å². The summed E-state index contributed by atoms with van der Waals surface area (Å²) in [6, 6.07) is 8.68. The van der Waals surface area contributed by atoms with Gasteiger partial charge >= 0.3 is 61.6 Å². The van der Waals surface area contributed by atoms with Crippen molar-refractivity contribution in [3.05, 3.63) is 35.9 Å². The van der Waals surface area contributed by atoms with E-state index >= 15 is 0 Å². The molecule has 1 saturated heterocycles. The zero-order valence-electron chi connectivity index (χ0n) is 10.6. The first kappa shape index (κ1) is 16.7. The summed E-state index contributed by atoms with van der Waals surface area (Å²) in [6.45, 7) is 1.59. The fraction of sp³-hybridized carbons (Fsp3) is 0.154. The number of phenols is 1. The Kier molecular flexibility index (Phi) is 4.67. The molecule has 0 radical (unpaired) electrons. The Labute approximate surface area is 164 Å². The first-order valence-electron chi connectivity index (χ1n) is 5.93. The van der Waals surface area contributed by atoms with E-state index in [0.717, 1.165) is 20.6 Å². The van der Waals surface area contributed by atoms with E-state index in [0.29, 0.717) is 0 Å². The number of aromatic hydroxyl groups is 1. The number of phenolic OH excluding ortho intramolecular Hbond substituents is 1. The SMILES string of the molecule is Cc1ccc2cc(O)c(N3CC(=O)NS3(=O)=O)cc2c1.[KH]. The van der Waals surface area contributed by atoms with E-state index in [4.69, 9.17) is 0 Å². The first-order valence-corrected chi connectivity index (χ1v) is 7.37. The maximum absolute atomic E-state index is 11.8. The molecule has 106 valence electrons. The molecular weight excluding hydrogens is 319 g/mol. The van der Waals surface area contributed by atoms with Gasteiger partial charge in [0.25, 0.3) is 5.91 Å². The number of rotatable bonds is 1. The summed E-state index contributed by atoms with van der Waals surface area (Å²) in [7, 11) is -3.92. The van der Waals surface area contributed by atoms with E-state index in [1.807, 2.05) is 29.8 Å². The molecule has 2 N–H and O–H groups in total. The summed E-state index contributed by atoms with van der Waals surface area (Å²) in [6.07, 6.45) is 0. The van der Waals surface area contributed by atoms with Crippen LogP contribution in [0.3, 0.4) is 0 Å². The average Bonchev–Trinajstić information content (AvgIpc) is 2.62. The zero-order valence-corrected chi connectivity index (χ0v) is 11.4. The van der Waals surface area contributed by atoms with Gasteiger partial charge in [0.05, 0.1) is 5.69 Å². The molecule has 0 atom stereocenters. The topological polar surface area (TPSA) is 86.7 Å². The van der Waals surface area contributed by atoms with Gasteiger partial charge in [0.1, 0.15) is 12.3 Å². The van der Waals surface area contributed by atoms with Crippen LogP contribution in [0.1, 0.15) is 5.56 Å². The van der Waals surface area contributed by atoms with Gasteiger partial charge in [-0.25, -0.2) is 9.03 Å². The van der Waals surface area contributed by atoms with E-state index in [1.54, 1.807) is 6.07 Å². The first-order chi connectivity index (χ1) is 9.37. The summed E-state index contributed by atoms with van der Waals surface area (Å²) < 4.78 is 26.4. The van der Waals surface area contributed by atoms with Crippen molar-refractivity contribution in [2.24, 2.45) is 0 Å². The second kappa shape index (κ2) is 5.86. The van der Waals surface area contributed by atoms with Gasteiger partial charge < -0.3 is 5.11 Å². The van der Waals surface area contributed by atoms with E-state index in [9.17, 15) is 18.3 Å². The van der Waals surface area contributed by atoms with Gasteiger partial charge in [0, 0.05) is 0 Å². The Morgan fingerprint density at radius 3 is 2.52 bits per heavy atom. The van der Waals surface area contributed by atoms with Crippen LogP contribution in [0.15, 0.2) is 30.3 Å². The van der Waals surface area contributed by atoms with Crippen molar-refractivity contribution in [3.63, 3.8) is 0 Å². The summed E-state index contributed by atoms with van der Waals surface area (Å²) in [4.78, 5) is 11.3. The second-order valence-corrected chi connectivity index (χ2v) is 6.32. The molecule has 1 amide bonds. The molecule has 21 heavy (non-hydrogen) atoms. The van der Waals surface area contributed by atoms with Gasteiger partial charge in [-0.2, -0.15) is 8.42 Å². The van der Waals surface area contributed by atoms with Crippen LogP contribution in [0.25, 0.3) is 10.8 Å². The predicted molar refractivity (Wildman–Crippen MR) is 81.9 cm³/mol. The van der Waals surface area contributed by atoms with Crippen LogP contribution in [-0.4, -0.2) is 77.4 Å². The summed E-state index contributed by atoms with van der Waals surface area (Å²) >= 11 is 0. The summed E-state index contributed by atoms with van der Waals surface area (Å²) in [5.41, 5.74) is 1.12. The zero-order chi connectivity index (χ0) is 14.5. The third-order valence-electron chi connectivity index (χ3n) is 3.18. The van der Waals surface area contributed by atoms with Gasteiger partial charge in [-0.15, -0.1) is 0 Å². The Hall–Kier alpha value is -0.644. The summed E-state index contributed by atoms with van der Waals surface area (Å²) in [5, 5.41) is 11.6. The van der Waals surface area contributed by atoms with Crippen LogP contribution in [0.2, 0.25) is 0 Å². The fourth-order valence-corrected chi connectivity index (χ4v) is 3.41. The van der Waals surface area contributed by atoms with Gasteiger partial charge in [0.2, 0.25) is 0 Å². The van der Waals surface area contributed by atoms with E-state index < -0.39 is 16.1 Å². The molecular formula is C13H13KN2O4S. The Balaban J connectivity index is 0.00000161. The second-order valence-electron chi connectivity index (χ2n) is 4.73. The normalized spacial score (nSPS) is 16.6.